The number of aliphatic hydroxyl groups excluding tert-OH is 1. The summed E-state index contributed by atoms with van der Waals surface area (Å²) >= 11 is 0. The molecular weight excluding hydrogens is 210 g/mol. The highest BCUT2D eigenvalue weighted by Crippen LogP contribution is 2.40. The summed E-state index contributed by atoms with van der Waals surface area (Å²) in [5.41, 5.74) is 2.16. The molecule has 1 aromatic heterocycles. The highest BCUT2D eigenvalue weighted by Gasteiger charge is 2.30. The van der Waals surface area contributed by atoms with Crippen LogP contribution in [0.4, 0.5) is 0 Å². The van der Waals surface area contributed by atoms with E-state index in [9.17, 15) is 5.11 Å². The van der Waals surface area contributed by atoms with Crippen LogP contribution in [0.5, 0.6) is 0 Å². The van der Waals surface area contributed by atoms with Gasteiger partial charge in [-0.15, -0.1) is 0 Å². The second-order valence-corrected chi connectivity index (χ2v) is 5.85. The number of nitrogens with zero attached hydrogens (tertiary/aromatic N) is 1. The second kappa shape index (κ2) is 5.18. The van der Waals surface area contributed by atoms with Crippen LogP contribution >= 0.6 is 0 Å². The largest absolute Gasteiger partial charge is 0.388 e. The molecule has 2 heteroatoms. The van der Waals surface area contributed by atoms with Crippen LogP contribution in [0.1, 0.15) is 50.3 Å². The van der Waals surface area contributed by atoms with E-state index in [1.165, 1.54) is 6.42 Å². The molecular formula is C15H23NO. The molecule has 1 heterocycles. The first-order valence-electron chi connectivity index (χ1n) is 6.66. The van der Waals surface area contributed by atoms with Crippen LogP contribution in [0.15, 0.2) is 18.5 Å². The van der Waals surface area contributed by atoms with E-state index in [1.54, 1.807) is 6.20 Å². The van der Waals surface area contributed by atoms with Crippen molar-refractivity contribution in [2.45, 2.75) is 46.1 Å². The molecule has 1 aromatic rings. The highest BCUT2D eigenvalue weighted by atomic mass is 16.3. The monoisotopic (exact) mass is 233 g/mol. The van der Waals surface area contributed by atoms with Crippen molar-refractivity contribution in [3.8, 4) is 0 Å². The topological polar surface area (TPSA) is 33.1 Å². The van der Waals surface area contributed by atoms with E-state index in [2.05, 4.69) is 18.8 Å². The minimum atomic E-state index is -0.316. The van der Waals surface area contributed by atoms with Gasteiger partial charge in [-0.3, -0.25) is 4.98 Å². The zero-order valence-electron chi connectivity index (χ0n) is 11.1. The van der Waals surface area contributed by atoms with Gasteiger partial charge in [0.1, 0.15) is 0 Å². The van der Waals surface area contributed by atoms with Gasteiger partial charge in [-0.05, 0) is 61.1 Å². The predicted octanol–water partition coefficient (Wildman–Crippen LogP) is 3.50. The highest BCUT2D eigenvalue weighted by molar-refractivity contribution is 5.24. The van der Waals surface area contributed by atoms with Crippen molar-refractivity contribution >= 4 is 0 Å². The first-order valence-corrected chi connectivity index (χ1v) is 6.66. The van der Waals surface area contributed by atoms with Crippen LogP contribution in [0.3, 0.4) is 0 Å². The van der Waals surface area contributed by atoms with E-state index in [0.29, 0.717) is 5.92 Å². The summed E-state index contributed by atoms with van der Waals surface area (Å²) in [6.07, 6.45) is 6.90. The van der Waals surface area contributed by atoms with E-state index in [1.807, 2.05) is 19.2 Å². The van der Waals surface area contributed by atoms with Gasteiger partial charge >= 0.3 is 0 Å². The van der Waals surface area contributed by atoms with E-state index in [0.717, 1.165) is 35.8 Å². The molecule has 2 rings (SSSR count). The fourth-order valence-electron chi connectivity index (χ4n) is 3.34. The SMILES string of the molecule is Cc1cnccc1C(O)C1CC(C)CC(C)C1. The second-order valence-electron chi connectivity index (χ2n) is 5.85. The Morgan fingerprint density at radius 2 is 1.88 bits per heavy atom. The average molecular weight is 233 g/mol. The third-order valence-electron chi connectivity index (χ3n) is 4.04. The van der Waals surface area contributed by atoms with Crippen LogP contribution in [0.25, 0.3) is 0 Å². The van der Waals surface area contributed by atoms with Gasteiger partial charge in [0.15, 0.2) is 0 Å². The molecule has 0 saturated heterocycles. The lowest BCUT2D eigenvalue weighted by atomic mass is 9.73. The molecule has 2 nitrogen and oxygen atoms in total. The fourth-order valence-corrected chi connectivity index (χ4v) is 3.34. The minimum absolute atomic E-state index is 0.316. The van der Waals surface area contributed by atoms with E-state index in [-0.39, 0.29) is 6.10 Å². The molecule has 3 atom stereocenters. The number of pyridine rings is 1. The summed E-state index contributed by atoms with van der Waals surface area (Å²) in [6, 6.07) is 1.96. The Morgan fingerprint density at radius 1 is 1.24 bits per heavy atom. The van der Waals surface area contributed by atoms with E-state index >= 15 is 0 Å². The quantitative estimate of drug-likeness (QED) is 0.848. The molecule has 1 N–H and O–H groups in total. The summed E-state index contributed by atoms with van der Waals surface area (Å²) in [5, 5.41) is 10.5. The maximum atomic E-state index is 10.5. The molecule has 17 heavy (non-hydrogen) atoms. The molecule has 0 aliphatic heterocycles. The van der Waals surface area contributed by atoms with Gasteiger partial charge in [0, 0.05) is 12.4 Å². The average Bonchev–Trinajstić information content (AvgIpc) is 2.27. The van der Waals surface area contributed by atoms with Crippen LogP contribution in [0.2, 0.25) is 0 Å². The van der Waals surface area contributed by atoms with Gasteiger partial charge in [0.05, 0.1) is 6.10 Å². The maximum absolute atomic E-state index is 10.5. The molecule has 0 spiro atoms. The number of aryl methyl sites for hydroxylation is 1. The van der Waals surface area contributed by atoms with E-state index in [4.69, 9.17) is 0 Å². The van der Waals surface area contributed by atoms with Crippen molar-refractivity contribution in [2.75, 3.05) is 0 Å². The zero-order valence-corrected chi connectivity index (χ0v) is 11.1. The first kappa shape index (κ1) is 12.6. The first-order chi connectivity index (χ1) is 8.08. The molecule has 3 unspecified atom stereocenters. The van der Waals surface area contributed by atoms with Gasteiger partial charge in [0.2, 0.25) is 0 Å². The van der Waals surface area contributed by atoms with Crippen molar-refractivity contribution in [1.29, 1.82) is 0 Å². The standard InChI is InChI=1S/C15H23NO/c1-10-6-11(2)8-13(7-10)15(17)14-4-5-16-9-12(14)3/h4-5,9-11,13,15,17H,6-8H2,1-3H3. The van der Waals surface area contributed by atoms with Gasteiger partial charge in [-0.25, -0.2) is 0 Å². The summed E-state index contributed by atoms with van der Waals surface area (Å²) < 4.78 is 0. The summed E-state index contributed by atoms with van der Waals surface area (Å²) in [5.74, 6) is 1.89. The Hall–Kier alpha value is -0.890. The fraction of sp³-hybridized carbons (Fsp3) is 0.667. The Labute approximate surface area is 104 Å². The molecule has 0 amide bonds. The molecule has 0 radical (unpaired) electrons. The van der Waals surface area contributed by atoms with Gasteiger partial charge in [-0.1, -0.05) is 13.8 Å². The summed E-state index contributed by atoms with van der Waals surface area (Å²) in [6.45, 7) is 6.63. The van der Waals surface area contributed by atoms with E-state index < -0.39 is 0 Å². The van der Waals surface area contributed by atoms with Crippen molar-refractivity contribution < 1.29 is 5.11 Å². The Bertz CT molecular complexity index is 367. The molecule has 0 bridgehead atoms. The molecule has 1 aliphatic carbocycles. The molecule has 0 aromatic carbocycles. The van der Waals surface area contributed by atoms with Crippen LogP contribution in [-0.4, -0.2) is 10.1 Å². The third kappa shape index (κ3) is 2.86. The Morgan fingerprint density at radius 3 is 2.47 bits per heavy atom. The zero-order chi connectivity index (χ0) is 12.4. The van der Waals surface area contributed by atoms with Gasteiger partial charge < -0.3 is 5.11 Å². The Balaban J connectivity index is 2.14. The lowest BCUT2D eigenvalue weighted by Crippen LogP contribution is -2.25. The number of hydrogen-bond donors (Lipinski definition) is 1. The third-order valence-corrected chi connectivity index (χ3v) is 4.04. The molecule has 1 saturated carbocycles. The molecule has 1 aliphatic rings. The number of hydrogen-bond acceptors (Lipinski definition) is 2. The van der Waals surface area contributed by atoms with Gasteiger partial charge in [-0.2, -0.15) is 0 Å². The Kier molecular flexibility index (Phi) is 3.82. The maximum Gasteiger partial charge on any atom is 0.0822 e. The normalized spacial score (nSPS) is 31.2. The predicted molar refractivity (Wildman–Crippen MR) is 69.6 cm³/mol. The number of aromatic nitrogens is 1. The van der Waals surface area contributed by atoms with Crippen LogP contribution in [-0.2, 0) is 0 Å². The minimum Gasteiger partial charge on any atom is -0.388 e. The summed E-state index contributed by atoms with van der Waals surface area (Å²) in [7, 11) is 0. The van der Waals surface area contributed by atoms with Crippen molar-refractivity contribution in [1.82, 2.24) is 4.98 Å². The molecule has 94 valence electrons. The number of rotatable bonds is 2. The van der Waals surface area contributed by atoms with Crippen LogP contribution < -0.4 is 0 Å². The summed E-state index contributed by atoms with van der Waals surface area (Å²) in [4.78, 5) is 4.09. The van der Waals surface area contributed by atoms with Crippen molar-refractivity contribution in [2.24, 2.45) is 17.8 Å². The van der Waals surface area contributed by atoms with Gasteiger partial charge in [0.25, 0.3) is 0 Å². The van der Waals surface area contributed by atoms with Crippen molar-refractivity contribution in [3.05, 3.63) is 29.6 Å². The van der Waals surface area contributed by atoms with Crippen LogP contribution in [0, 0.1) is 24.7 Å². The van der Waals surface area contributed by atoms with Crippen molar-refractivity contribution in [3.63, 3.8) is 0 Å². The lowest BCUT2D eigenvalue weighted by molar-refractivity contribution is 0.0547. The smallest absolute Gasteiger partial charge is 0.0822 e. The molecule has 1 fully saturated rings. The number of aliphatic hydroxyl groups is 1. The lowest BCUT2D eigenvalue weighted by Gasteiger charge is -2.34.